The fourth-order valence-electron chi connectivity index (χ4n) is 1.88. The summed E-state index contributed by atoms with van der Waals surface area (Å²) in [5.74, 6) is 1.52. The quantitative estimate of drug-likeness (QED) is 0.756. The Morgan fingerprint density at radius 2 is 1.82 bits per heavy atom. The van der Waals surface area contributed by atoms with Crippen molar-refractivity contribution in [1.29, 1.82) is 0 Å². The molecule has 0 unspecified atom stereocenters. The Hall–Kier alpha value is -1.36. The second-order valence-electron chi connectivity index (χ2n) is 4.58. The summed E-state index contributed by atoms with van der Waals surface area (Å²) in [7, 11) is 0. The summed E-state index contributed by atoms with van der Waals surface area (Å²) in [5, 5.41) is 12.9. The second kappa shape index (κ2) is 8.32. The zero-order valence-electron chi connectivity index (χ0n) is 11.7. The molecule has 0 radical (unpaired) electrons. The molecule has 0 aromatic heterocycles. The third-order valence-electron chi connectivity index (χ3n) is 2.90. The highest BCUT2D eigenvalue weighted by molar-refractivity contribution is 7.98. The number of benzene rings is 2. The summed E-state index contributed by atoms with van der Waals surface area (Å²) < 4.78 is 0. The Balaban J connectivity index is 1.76. The SMILES string of the molecule is O=C(NCCSCc1cccc(O)c1)c1c(Cl)cccc1Cl. The van der Waals surface area contributed by atoms with Crippen molar-refractivity contribution in [3.63, 3.8) is 0 Å². The van der Waals surface area contributed by atoms with E-state index in [0.717, 1.165) is 17.1 Å². The smallest absolute Gasteiger partial charge is 0.254 e. The lowest BCUT2D eigenvalue weighted by molar-refractivity contribution is 0.0956. The second-order valence-corrected chi connectivity index (χ2v) is 6.49. The number of phenols is 1. The summed E-state index contributed by atoms with van der Waals surface area (Å²) in [6.07, 6.45) is 0. The lowest BCUT2D eigenvalue weighted by Gasteiger charge is -2.08. The van der Waals surface area contributed by atoms with E-state index in [1.54, 1.807) is 42.1 Å². The fraction of sp³-hybridized carbons (Fsp3) is 0.188. The molecule has 0 spiro atoms. The van der Waals surface area contributed by atoms with Gasteiger partial charge in [-0.3, -0.25) is 4.79 Å². The highest BCUT2D eigenvalue weighted by Crippen LogP contribution is 2.24. The predicted octanol–water partition coefficient (Wildman–Crippen LogP) is 4.36. The van der Waals surface area contributed by atoms with Crippen molar-refractivity contribution in [3.8, 4) is 5.75 Å². The van der Waals surface area contributed by atoms with E-state index in [-0.39, 0.29) is 11.7 Å². The van der Waals surface area contributed by atoms with Gasteiger partial charge in [0.15, 0.2) is 0 Å². The fourth-order valence-corrected chi connectivity index (χ4v) is 3.25. The minimum absolute atomic E-state index is 0.264. The lowest BCUT2D eigenvalue weighted by atomic mass is 10.2. The molecule has 0 aliphatic carbocycles. The van der Waals surface area contributed by atoms with E-state index in [1.165, 1.54) is 0 Å². The van der Waals surface area contributed by atoms with Crippen LogP contribution in [0.25, 0.3) is 0 Å². The number of phenolic OH excluding ortho intramolecular Hbond substituents is 1. The molecule has 3 nitrogen and oxygen atoms in total. The molecule has 6 heteroatoms. The molecular weight excluding hydrogens is 341 g/mol. The molecular formula is C16H15Cl2NO2S. The highest BCUT2D eigenvalue weighted by atomic mass is 35.5. The molecule has 0 saturated carbocycles. The number of nitrogens with one attached hydrogen (secondary N) is 1. The van der Waals surface area contributed by atoms with Crippen molar-refractivity contribution in [1.82, 2.24) is 5.32 Å². The number of hydrogen-bond acceptors (Lipinski definition) is 3. The Morgan fingerprint density at radius 3 is 2.50 bits per heavy atom. The van der Waals surface area contributed by atoms with Crippen LogP contribution in [0.1, 0.15) is 15.9 Å². The van der Waals surface area contributed by atoms with Gasteiger partial charge in [0.2, 0.25) is 0 Å². The number of carbonyl (C=O) groups excluding carboxylic acids is 1. The molecule has 0 heterocycles. The third-order valence-corrected chi connectivity index (χ3v) is 4.56. The van der Waals surface area contributed by atoms with Gasteiger partial charge in [0, 0.05) is 18.1 Å². The Labute approximate surface area is 143 Å². The molecule has 116 valence electrons. The molecule has 22 heavy (non-hydrogen) atoms. The van der Waals surface area contributed by atoms with Crippen molar-refractivity contribution >= 4 is 40.9 Å². The minimum atomic E-state index is -0.270. The number of halogens is 2. The first-order valence-electron chi connectivity index (χ1n) is 6.66. The van der Waals surface area contributed by atoms with Crippen molar-refractivity contribution in [2.45, 2.75) is 5.75 Å². The van der Waals surface area contributed by atoms with Crippen molar-refractivity contribution < 1.29 is 9.90 Å². The summed E-state index contributed by atoms with van der Waals surface area (Å²) in [4.78, 5) is 12.0. The van der Waals surface area contributed by atoms with Crippen molar-refractivity contribution in [2.75, 3.05) is 12.3 Å². The highest BCUT2D eigenvalue weighted by Gasteiger charge is 2.13. The normalized spacial score (nSPS) is 10.5. The Morgan fingerprint density at radius 1 is 1.14 bits per heavy atom. The van der Waals surface area contributed by atoms with Gasteiger partial charge >= 0.3 is 0 Å². The average Bonchev–Trinajstić information content (AvgIpc) is 2.47. The average molecular weight is 356 g/mol. The van der Waals surface area contributed by atoms with Gasteiger partial charge < -0.3 is 10.4 Å². The first-order valence-corrected chi connectivity index (χ1v) is 8.57. The molecule has 0 aliphatic rings. The molecule has 1 amide bonds. The van der Waals surface area contributed by atoms with Crippen LogP contribution in [0.15, 0.2) is 42.5 Å². The van der Waals surface area contributed by atoms with Crippen LogP contribution in [0.3, 0.4) is 0 Å². The van der Waals surface area contributed by atoms with Crippen LogP contribution in [-0.2, 0) is 5.75 Å². The van der Waals surface area contributed by atoms with Gasteiger partial charge in [-0.15, -0.1) is 0 Å². The third kappa shape index (κ3) is 4.83. The predicted molar refractivity (Wildman–Crippen MR) is 93.1 cm³/mol. The molecule has 0 fully saturated rings. The monoisotopic (exact) mass is 355 g/mol. The van der Waals surface area contributed by atoms with Gasteiger partial charge in [0.1, 0.15) is 5.75 Å². The number of amides is 1. The van der Waals surface area contributed by atoms with Gasteiger partial charge in [-0.1, -0.05) is 41.4 Å². The first-order chi connectivity index (χ1) is 10.6. The van der Waals surface area contributed by atoms with Gasteiger partial charge in [-0.2, -0.15) is 11.8 Å². The molecule has 2 aromatic rings. The zero-order chi connectivity index (χ0) is 15.9. The number of aromatic hydroxyl groups is 1. The summed E-state index contributed by atoms with van der Waals surface area (Å²) >= 11 is 13.6. The minimum Gasteiger partial charge on any atom is -0.508 e. The number of rotatable bonds is 6. The van der Waals surface area contributed by atoms with Crippen molar-refractivity contribution in [3.05, 3.63) is 63.6 Å². The molecule has 0 saturated heterocycles. The number of thioether (sulfide) groups is 1. The van der Waals surface area contributed by atoms with Gasteiger partial charge in [0.05, 0.1) is 15.6 Å². The molecule has 0 aliphatic heterocycles. The zero-order valence-corrected chi connectivity index (χ0v) is 14.0. The van der Waals surface area contributed by atoms with Crippen LogP contribution in [0.5, 0.6) is 5.75 Å². The standard InChI is InChI=1S/C16H15Cl2NO2S/c17-13-5-2-6-14(18)15(13)16(21)19-7-8-22-10-11-3-1-4-12(20)9-11/h1-6,9,20H,7-8,10H2,(H,19,21). The topological polar surface area (TPSA) is 49.3 Å². The summed E-state index contributed by atoms with van der Waals surface area (Å²) in [6, 6.07) is 12.1. The van der Waals surface area contributed by atoms with Crippen LogP contribution in [0, 0.1) is 0 Å². The molecule has 2 rings (SSSR count). The van der Waals surface area contributed by atoms with E-state index in [4.69, 9.17) is 23.2 Å². The van der Waals surface area contributed by atoms with Crippen LogP contribution in [0.2, 0.25) is 10.0 Å². The Kier molecular flexibility index (Phi) is 6.43. The van der Waals surface area contributed by atoms with Gasteiger partial charge in [-0.05, 0) is 29.8 Å². The summed E-state index contributed by atoms with van der Waals surface area (Å²) in [5.41, 5.74) is 1.36. The first kappa shape index (κ1) is 17.0. The van der Waals surface area contributed by atoms with Crippen LogP contribution in [0.4, 0.5) is 0 Å². The van der Waals surface area contributed by atoms with E-state index in [9.17, 15) is 9.90 Å². The van der Waals surface area contributed by atoms with E-state index >= 15 is 0 Å². The van der Waals surface area contributed by atoms with E-state index < -0.39 is 0 Å². The largest absolute Gasteiger partial charge is 0.508 e. The maximum atomic E-state index is 12.0. The van der Waals surface area contributed by atoms with E-state index in [1.807, 2.05) is 12.1 Å². The maximum Gasteiger partial charge on any atom is 0.254 e. The van der Waals surface area contributed by atoms with E-state index in [0.29, 0.717) is 22.2 Å². The molecule has 2 N–H and O–H groups in total. The van der Waals surface area contributed by atoms with Gasteiger partial charge in [-0.25, -0.2) is 0 Å². The molecule has 0 atom stereocenters. The van der Waals surface area contributed by atoms with Crippen LogP contribution >= 0.6 is 35.0 Å². The van der Waals surface area contributed by atoms with Crippen molar-refractivity contribution in [2.24, 2.45) is 0 Å². The maximum absolute atomic E-state index is 12.0. The summed E-state index contributed by atoms with van der Waals surface area (Å²) in [6.45, 7) is 0.518. The van der Waals surface area contributed by atoms with E-state index in [2.05, 4.69) is 5.32 Å². The van der Waals surface area contributed by atoms with Crippen LogP contribution < -0.4 is 5.32 Å². The van der Waals surface area contributed by atoms with Crippen LogP contribution in [-0.4, -0.2) is 23.3 Å². The molecule has 2 aromatic carbocycles. The van der Waals surface area contributed by atoms with Gasteiger partial charge in [0.25, 0.3) is 5.91 Å². The number of carbonyl (C=O) groups is 1. The lowest BCUT2D eigenvalue weighted by Crippen LogP contribution is -2.26. The molecule has 0 bridgehead atoms. The number of hydrogen-bond donors (Lipinski definition) is 2. The Bertz CT molecular complexity index is 644.